The van der Waals surface area contributed by atoms with E-state index in [9.17, 15) is 0 Å². The zero-order valence-electron chi connectivity index (χ0n) is 12.6. The van der Waals surface area contributed by atoms with Crippen LogP contribution in [0.5, 0.6) is 0 Å². The Kier molecular flexibility index (Phi) is 5.79. The first kappa shape index (κ1) is 15.3. The predicted octanol–water partition coefficient (Wildman–Crippen LogP) is 1.89. The summed E-state index contributed by atoms with van der Waals surface area (Å²) in [5.74, 6) is 1.58. The van der Waals surface area contributed by atoms with E-state index in [-0.39, 0.29) is 0 Å². The fourth-order valence-corrected chi connectivity index (χ4v) is 3.00. The standard InChI is InChI=1S/C14H24N4OS/c1-4-15-14(16-7-13-11(2)17-10-20-13)18(3)8-12-5-6-19-9-12/h10,12H,4-9H2,1-3H3,(H,15,16). The second-order valence-electron chi connectivity index (χ2n) is 5.14. The minimum atomic E-state index is 0.619. The topological polar surface area (TPSA) is 49.8 Å². The van der Waals surface area contributed by atoms with Crippen LogP contribution in [0.2, 0.25) is 0 Å². The summed E-state index contributed by atoms with van der Waals surface area (Å²) in [5, 5.41) is 3.36. The van der Waals surface area contributed by atoms with E-state index in [1.54, 1.807) is 11.3 Å². The highest BCUT2D eigenvalue weighted by Crippen LogP contribution is 2.15. The Morgan fingerprint density at radius 3 is 3.10 bits per heavy atom. The van der Waals surface area contributed by atoms with Crippen LogP contribution in [0.15, 0.2) is 10.5 Å². The summed E-state index contributed by atoms with van der Waals surface area (Å²) in [6.45, 7) is 8.47. The van der Waals surface area contributed by atoms with Crippen molar-refractivity contribution in [3.8, 4) is 0 Å². The van der Waals surface area contributed by atoms with Gasteiger partial charge in [-0.1, -0.05) is 0 Å². The summed E-state index contributed by atoms with van der Waals surface area (Å²) in [6.07, 6.45) is 1.15. The van der Waals surface area contributed by atoms with Crippen molar-refractivity contribution in [3.05, 3.63) is 16.1 Å². The van der Waals surface area contributed by atoms with Crippen LogP contribution < -0.4 is 5.32 Å². The molecular weight excluding hydrogens is 272 g/mol. The summed E-state index contributed by atoms with van der Waals surface area (Å²) >= 11 is 1.67. The van der Waals surface area contributed by atoms with Crippen molar-refractivity contribution >= 4 is 17.3 Å². The lowest BCUT2D eigenvalue weighted by atomic mass is 10.1. The van der Waals surface area contributed by atoms with E-state index in [0.29, 0.717) is 12.5 Å². The maximum atomic E-state index is 5.44. The zero-order valence-corrected chi connectivity index (χ0v) is 13.4. The van der Waals surface area contributed by atoms with Crippen LogP contribution in [0.25, 0.3) is 0 Å². The van der Waals surface area contributed by atoms with Crippen LogP contribution in [0, 0.1) is 12.8 Å². The van der Waals surface area contributed by atoms with Crippen LogP contribution in [-0.4, -0.2) is 49.2 Å². The third-order valence-electron chi connectivity index (χ3n) is 3.47. The van der Waals surface area contributed by atoms with Crippen molar-refractivity contribution in [3.63, 3.8) is 0 Å². The Bertz CT molecular complexity index is 440. The first-order valence-electron chi connectivity index (χ1n) is 7.16. The molecule has 1 aromatic rings. The van der Waals surface area contributed by atoms with Gasteiger partial charge in [-0.25, -0.2) is 9.98 Å². The van der Waals surface area contributed by atoms with E-state index in [4.69, 9.17) is 9.73 Å². The normalized spacial score (nSPS) is 19.4. The molecule has 1 unspecified atom stereocenters. The van der Waals surface area contributed by atoms with Crippen molar-refractivity contribution in [1.29, 1.82) is 0 Å². The van der Waals surface area contributed by atoms with Gasteiger partial charge in [0.15, 0.2) is 5.96 Å². The summed E-state index contributed by atoms with van der Waals surface area (Å²) in [6, 6.07) is 0. The van der Waals surface area contributed by atoms with Crippen LogP contribution >= 0.6 is 11.3 Å². The number of ether oxygens (including phenoxy) is 1. The van der Waals surface area contributed by atoms with Gasteiger partial charge in [0.25, 0.3) is 0 Å². The van der Waals surface area contributed by atoms with E-state index >= 15 is 0 Å². The van der Waals surface area contributed by atoms with Crippen molar-refractivity contribution < 1.29 is 4.74 Å². The smallest absolute Gasteiger partial charge is 0.194 e. The van der Waals surface area contributed by atoms with Crippen molar-refractivity contribution in [2.75, 3.05) is 33.4 Å². The van der Waals surface area contributed by atoms with E-state index < -0.39 is 0 Å². The number of guanidine groups is 1. The molecule has 1 fully saturated rings. The molecule has 1 saturated heterocycles. The third kappa shape index (κ3) is 4.18. The third-order valence-corrected chi connectivity index (χ3v) is 4.39. The number of aryl methyl sites for hydroxylation is 1. The van der Waals surface area contributed by atoms with E-state index in [1.165, 1.54) is 4.88 Å². The van der Waals surface area contributed by atoms with Crippen molar-refractivity contribution in [2.45, 2.75) is 26.8 Å². The lowest BCUT2D eigenvalue weighted by Gasteiger charge is -2.24. The maximum Gasteiger partial charge on any atom is 0.194 e. The fraction of sp³-hybridized carbons (Fsp3) is 0.714. The molecule has 1 aromatic heterocycles. The van der Waals surface area contributed by atoms with Gasteiger partial charge in [-0.2, -0.15) is 0 Å². The fourth-order valence-electron chi connectivity index (χ4n) is 2.30. The van der Waals surface area contributed by atoms with Gasteiger partial charge in [-0.15, -0.1) is 11.3 Å². The highest BCUT2D eigenvalue weighted by molar-refractivity contribution is 7.09. The van der Waals surface area contributed by atoms with Crippen LogP contribution in [0.1, 0.15) is 23.9 Å². The van der Waals surface area contributed by atoms with Gasteiger partial charge in [0.1, 0.15) is 0 Å². The largest absolute Gasteiger partial charge is 0.381 e. The van der Waals surface area contributed by atoms with Crippen LogP contribution in [0.3, 0.4) is 0 Å². The van der Waals surface area contributed by atoms with Crippen LogP contribution in [-0.2, 0) is 11.3 Å². The Morgan fingerprint density at radius 1 is 1.65 bits per heavy atom. The molecular formula is C14H24N4OS. The summed E-state index contributed by atoms with van der Waals surface area (Å²) in [4.78, 5) is 12.4. The maximum absolute atomic E-state index is 5.44. The minimum absolute atomic E-state index is 0.619. The van der Waals surface area contributed by atoms with Gasteiger partial charge in [-0.3, -0.25) is 0 Å². The molecule has 2 rings (SSSR count). The quantitative estimate of drug-likeness (QED) is 0.666. The Balaban J connectivity index is 1.95. The predicted molar refractivity (Wildman–Crippen MR) is 83.2 cm³/mol. The van der Waals surface area contributed by atoms with E-state index in [0.717, 1.165) is 44.4 Å². The molecule has 0 aromatic carbocycles. The average Bonchev–Trinajstić information content (AvgIpc) is 3.06. The molecule has 0 aliphatic carbocycles. The SMILES string of the molecule is CCNC(=NCc1scnc1C)N(C)CC1CCOC1. The number of nitrogens with zero attached hydrogens (tertiary/aromatic N) is 3. The summed E-state index contributed by atoms with van der Waals surface area (Å²) < 4.78 is 5.44. The Morgan fingerprint density at radius 2 is 2.50 bits per heavy atom. The lowest BCUT2D eigenvalue weighted by molar-refractivity contribution is 0.181. The Labute approximate surface area is 125 Å². The molecule has 0 spiro atoms. The number of aromatic nitrogens is 1. The van der Waals surface area contributed by atoms with Crippen molar-refractivity contribution in [1.82, 2.24) is 15.2 Å². The number of aliphatic imine (C=N–C) groups is 1. The zero-order chi connectivity index (χ0) is 14.4. The average molecular weight is 296 g/mol. The molecule has 5 nitrogen and oxygen atoms in total. The molecule has 1 aliphatic rings. The first-order chi connectivity index (χ1) is 9.70. The molecule has 1 N–H and O–H groups in total. The second-order valence-corrected chi connectivity index (χ2v) is 6.08. The molecule has 112 valence electrons. The van der Waals surface area contributed by atoms with Crippen molar-refractivity contribution in [2.24, 2.45) is 10.9 Å². The minimum Gasteiger partial charge on any atom is -0.381 e. The first-order valence-corrected chi connectivity index (χ1v) is 8.04. The van der Waals surface area contributed by atoms with Gasteiger partial charge in [0.2, 0.25) is 0 Å². The molecule has 1 aliphatic heterocycles. The van der Waals surface area contributed by atoms with E-state index in [1.807, 2.05) is 12.4 Å². The summed E-state index contributed by atoms with van der Waals surface area (Å²) in [7, 11) is 2.10. The molecule has 0 radical (unpaired) electrons. The summed E-state index contributed by atoms with van der Waals surface area (Å²) in [5.41, 5.74) is 2.97. The highest BCUT2D eigenvalue weighted by Gasteiger charge is 2.19. The van der Waals surface area contributed by atoms with Gasteiger partial charge < -0.3 is 15.0 Å². The monoisotopic (exact) mass is 296 g/mol. The second kappa shape index (κ2) is 7.59. The number of rotatable bonds is 5. The highest BCUT2D eigenvalue weighted by atomic mass is 32.1. The molecule has 6 heteroatoms. The number of hydrogen-bond donors (Lipinski definition) is 1. The Hall–Kier alpha value is -1.14. The molecule has 0 bridgehead atoms. The molecule has 0 amide bonds. The van der Waals surface area contributed by atoms with Gasteiger partial charge in [0, 0.05) is 37.5 Å². The molecule has 20 heavy (non-hydrogen) atoms. The number of nitrogens with one attached hydrogen (secondary N) is 1. The molecule has 1 atom stereocenters. The number of hydrogen-bond acceptors (Lipinski definition) is 4. The van der Waals surface area contributed by atoms with Gasteiger partial charge in [0.05, 0.1) is 24.4 Å². The number of thiazole rings is 1. The van der Waals surface area contributed by atoms with E-state index in [2.05, 4.69) is 29.2 Å². The van der Waals surface area contributed by atoms with Gasteiger partial charge >= 0.3 is 0 Å². The molecule has 0 saturated carbocycles. The molecule has 2 heterocycles. The lowest BCUT2D eigenvalue weighted by Crippen LogP contribution is -2.41. The van der Waals surface area contributed by atoms with Crippen LogP contribution in [0.4, 0.5) is 0 Å². The van der Waals surface area contributed by atoms with Gasteiger partial charge in [-0.05, 0) is 20.3 Å².